The molecule has 1 saturated heterocycles. The van der Waals surface area contributed by atoms with Crippen molar-refractivity contribution in [3.63, 3.8) is 0 Å². The molecule has 1 fully saturated rings. The average Bonchev–Trinajstić information content (AvgIpc) is 2.47. The van der Waals surface area contributed by atoms with E-state index in [2.05, 4.69) is 55.1 Å². The first-order chi connectivity index (χ1) is 9.60. The molecule has 0 bridgehead atoms. The van der Waals surface area contributed by atoms with Gasteiger partial charge >= 0.3 is 0 Å². The highest BCUT2D eigenvalue weighted by atomic mass is 15.1. The van der Waals surface area contributed by atoms with Gasteiger partial charge in [0.25, 0.3) is 0 Å². The zero-order valence-electron chi connectivity index (χ0n) is 13.2. The Bertz CT molecular complexity index is 391. The van der Waals surface area contributed by atoms with Crippen LogP contribution in [0.3, 0.4) is 0 Å². The maximum atomic E-state index is 6.07. The van der Waals surface area contributed by atoms with E-state index in [0.717, 1.165) is 12.3 Å². The number of hydrogen-bond donors (Lipinski definition) is 1. The monoisotopic (exact) mass is 275 g/mol. The summed E-state index contributed by atoms with van der Waals surface area (Å²) in [6.07, 6.45) is 3.60. The van der Waals surface area contributed by atoms with Gasteiger partial charge in [-0.3, -0.25) is 0 Å². The zero-order chi connectivity index (χ0) is 14.5. The molecule has 0 spiro atoms. The normalized spacial score (nSPS) is 18.6. The fourth-order valence-electron chi connectivity index (χ4n) is 3.06. The van der Waals surface area contributed by atoms with E-state index in [1.54, 1.807) is 0 Å². The lowest BCUT2D eigenvalue weighted by molar-refractivity contribution is 0.285. The first kappa shape index (κ1) is 15.3. The summed E-state index contributed by atoms with van der Waals surface area (Å²) < 4.78 is 0. The average molecular weight is 275 g/mol. The molecule has 0 radical (unpaired) electrons. The number of nitrogens with zero attached hydrogens (tertiary/aromatic N) is 2. The van der Waals surface area contributed by atoms with Gasteiger partial charge in [-0.25, -0.2) is 0 Å². The van der Waals surface area contributed by atoms with E-state index >= 15 is 0 Å². The standard InChI is InChI=1S/C17H29N3/c1-4-17(18)15-5-7-16(8-6-15)20-11-9-14(10-12-20)13-19(2)3/h5-8,14,17H,4,9-13,18H2,1-3H3/t17-/m1/s1. The molecule has 0 saturated carbocycles. The Hall–Kier alpha value is -1.06. The van der Waals surface area contributed by atoms with Crippen molar-refractivity contribution in [1.82, 2.24) is 4.90 Å². The van der Waals surface area contributed by atoms with Crippen molar-refractivity contribution in [2.24, 2.45) is 11.7 Å². The number of nitrogens with two attached hydrogens (primary N) is 1. The largest absolute Gasteiger partial charge is 0.372 e. The molecular weight excluding hydrogens is 246 g/mol. The smallest absolute Gasteiger partial charge is 0.0366 e. The summed E-state index contributed by atoms with van der Waals surface area (Å²) in [4.78, 5) is 4.81. The Morgan fingerprint density at radius 1 is 1.20 bits per heavy atom. The van der Waals surface area contributed by atoms with Gasteiger partial charge in [-0.2, -0.15) is 0 Å². The summed E-state index contributed by atoms with van der Waals surface area (Å²) in [5.74, 6) is 0.856. The highest BCUT2D eigenvalue weighted by molar-refractivity contribution is 5.48. The Kier molecular flexibility index (Phi) is 5.44. The van der Waals surface area contributed by atoms with Crippen LogP contribution in [0.5, 0.6) is 0 Å². The van der Waals surface area contributed by atoms with Gasteiger partial charge in [-0.05, 0) is 57.0 Å². The molecule has 2 N–H and O–H groups in total. The van der Waals surface area contributed by atoms with Crippen molar-refractivity contribution >= 4 is 5.69 Å². The lowest BCUT2D eigenvalue weighted by atomic mass is 9.95. The zero-order valence-corrected chi connectivity index (χ0v) is 13.2. The summed E-state index contributed by atoms with van der Waals surface area (Å²) >= 11 is 0. The van der Waals surface area contributed by atoms with Crippen LogP contribution in [0.1, 0.15) is 37.8 Å². The molecule has 1 aromatic rings. The van der Waals surface area contributed by atoms with Crippen LogP contribution in [0.4, 0.5) is 5.69 Å². The van der Waals surface area contributed by atoms with Crippen LogP contribution >= 0.6 is 0 Å². The van der Waals surface area contributed by atoms with Gasteiger partial charge in [0, 0.05) is 31.4 Å². The van der Waals surface area contributed by atoms with E-state index in [1.807, 2.05) is 0 Å². The fraction of sp³-hybridized carbons (Fsp3) is 0.647. The second-order valence-corrected chi connectivity index (χ2v) is 6.30. The predicted molar refractivity (Wildman–Crippen MR) is 87.2 cm³/mol. The first-order valence-electron chi connectivity index (χ1n) is 7.85. The summed E-state index contributed by atoms with van der Waals surface area (Å²) in [5, 5.41) is 0. The van der Waals surface area contributed by atoms with Gasteiger partial charge < -0.3 is 15.5 Å². The van der Waals surface area contributed by atoms with Gasteiger partial charge in [-0.15, -0.1) is 0 Å². The summed E-state index contributed by atoms with van der Waals surface area (Å²) in [6.45, 7) is 5.71. The fourth-order valence-corrected chi connectivity index (χ4v) is 3.06. The number of hydrogen-bond acceptors (Lipinski definition) is 3. The minimum Gasteiger partial charge on any atom is -0.372 e. The van der Waals surface area contributed by atoms with Crippen molar-refractivity contribution < 1.29 is 0 Å². The second kappa shape index (κ2) is 7.09. The molecule has 1 aliphatic rings. The van der Waals surface area contributed by atoms with Gasteiger partial charge in [0.15, 0.2) is 0 Å². The second-order valence-electron chi connectivity index (χ2n) is 6.30. The molecule has 0 unspecified atom stereocenters. The van der Waals surface area contributed by atoms with Crippen LogP contribution in [-0.2, 0) is 0 Å². The third kappa shape index (κ3) is 3.97. The van der Waals surface area contributed by atoms with Gasteiger partial charge in [0.2, 0.25) is 0 Å². The lowest BCUT2D eigenvalue weighted by Crippen LogP contribution is -2.37. The topological polar surface area (TPSA) is 32.5 Å². The Balaban J connectivity index is 1.90. The molecule has 20 heavy (non-hydrogen) atoms. The molecule has 3 nitrogen and oxygen atoms in total. The van der Waals surface area contributed by atoms with Crippen molar-refractivity contribution in [3.05, 3.63) is 29.8 Å². The molecular formula is C17H29N3. The SMILES string of the molecule is CC[C@@H](N)c1ccc(N2CCC(CN(C)C)CC2)cc1. The highest BCUT2D eigenvalue weighted by Crippen LogP contribution is 2.25. The predicted octanol–water partition coefficient (Wildman–Crippen LogP) is 2.87. The maximum absolute atomic E-state index is 6.07. The van der Waals surface area contributed by atoms with Crippen LogP contribution in [0.2, 0.25) is 0 Å². The number of piperidine rings is 1. The minimum absolute atomic E-state index is 0.176. The number of rotatable bonds is 5. The number of benzene rings is 1. The van der Waals surface area contributed by atoms with Crippen molar-refractivity contribution in [2.75, 3.05) is 38.6 Å². The van der Waals surface area contributed by atoms with E-state index in [4.69, 9.17) is 5.73 Å². The Morgan fingerprint density at radius 2 is 1.80 bits per heavy atom. The molecule has 0 aromatic heterocycles. The molecule has 1 atom stereocenters. The van der Waals surface area contributed by atoms with E-state index in [-0.39, 0.29) is 6.04 Å². The molecule has 3 heteroatoms. The molecule has 1 heterocycles. The lowest BCUT2D eigenvalue weighted by Gasteiger charge is -2.34. The van der Waals surface area contributed by atoms with Gasteiger partial charge in [0.1, 0.15) is 0 Å². The van der Waals surface area contributed by atoms with Crippen LogP contribution in [-0.4, -0.2) is 38.6 Å². The van der Waals surface area contributed by atoms with E-state index in [1.165, 1.54) is 43.7 Å². The van der Waals surface area contributed by atoms with Gasteiger partial charge in [0.05, 0.1) is 0 Å². The van der Waals surface area contributed by atoms with Crippen molar-refractivity contribution in [3.8, 4) is 0 Å². The van der Waals surface area contributed by atoms with E-state index < -0.39 is 0 Å². The van der Waals surface area contributed by atoms with E-state index in [9.17, 15) is 0 Å². The maximum Gasteiger partial charge on any atom is 0.0366 e. The quantitative estimate of drug-likeness (QED) is 0.897. The molecule has 0 aliphatic carbocycles. The van der Waals surface area contributed by atoms with E-state index in [0.29, 0.717) is 0 Å². The highest BCUT2D eigenvalue weighted by Gasteiger charge is 2.19. The van der Waals surface area contributed by atoms with Gasteiger partial charge in [-0.1, -0.05) is 19.1 Å². The molecule has 1 aromatic carbocycles. The van der Waals surface area contributed by atoms with Crippen molar-refractivity contribution in [1.29, 1.82) is 0 Å². The van der Waals surface area contributed by atoms with Crippen molar-refractivity contribution in [2.45, 2.75) is 32.2 Å². The van der Waals surface area contributed by atoms with Crippen LogP contribution in [0.25, 0.3) is 0 Å². The first-order valence-corrected chi connectivity index (χ1v) is 7.85. The molecule has 2 rings (SSSR count). The van der Waals surface area contributed by atoms with Crippen LogP contribution in [0, 0.1) is 5.92 Å². The minimum atomic E-state index is 0.176. The Morgan fingerprint density at radius 3 is 2.30 bits per heavy atom. The summed E-state index contributed by atoms with van der Waals surface area (Å²) in [7, 11) is 4.34. The van der Waals surface area contributed by atoms with Crippen LogP contribution < -0.4 is 10.6 Å². The van der Waals surface area contributed by atoms with Crippen LogP contribution in [0.15, 0.2) is 24.3 Å². The molecule has 0 amide bonds. The number of anilines is 1. The Labute approximate surface area is 123 Å². The summed E-state index contributed by atoms with van der Waals surface area (Å²) in [6, 6.07) is 9.02. The molecule has 1 aliphatic heterocycles. The molecule has 112 valence electrons. The third-order valence-electron chi connectivity index (χ3n) is 4.36. The summed E-state index contributed by atoms with van der Waals surface area (Å²) in [5.41, 5.74) is 8.67. The third-order valence-corrected chi connectivity index (χ3v) is 4.36.